The molecule has 0 aliphatic carbocycles. The van der Waals surface area contributed by atoms with Crippen molar-refractivity contribution in [2.75, 3.05) is 12.3 Å². The van der Waals surface area contributed by atoms with Gasteiger partial charge in [0.15, 0.2) is 17.7 Å². The van der Waals surface area contributed by atoms with Gasteiger partial charge in [-0.25, -0.2) is 23.8 Å². The minimum Gasteiger partial charge on any atom is -0.387 e. The lowest BCUT2D eigenvalue weighted by molar-refractivity contribution is -0.0484. The van der Waals surface area contributed by atoms with Crippen molar-refractivity contribution in [1.29, 1.82) is 0 Å². The van der Waals surface area contributed by atoms with Crippen LogP contribution in [0.4, 0.5) is 5.82 Å². The summed E-state index contributed by atoms with van der Waals surface area (Å²) in [5, 5.41) is 20.5. The number of rotatable bonds is 8. The minimum absolute atomic E-state index is 0.0435. The fraction of sp³-hybridized carbons (Fsp3) is 0.545. The van der Waals surface area contributed by atoms with E-state index in [-0.39, 0.29) is 17.0 Å². The number of fused-ring (bicyclic) bond motifs is 1. The van der Waals surface area contributed by atoms with Gasteiger partial charge in [-0.2, -0.15) is 0 Å². The Hall–Kier alpha value is -1.03. The highest BCUT2D eigenvalue weighted by Crippen LogP contribution is 2.71. The van der Waals surface area contributed by atoms with Crippen LogP contribution in [0.1, 0.15) is 6.23 Å². The Morgan fingerprint density at radius 3 is 2.41 bits per heavy atom. The van der Waals surface area contributed by atoms with Crippen LogP contribution in [0, 0.1) is 0 Å². The molecular weight excluding hydrogens is 523 g/mol. The molecule has 0 amide bonds. The molecule has 180 valence electrons. The lowest BCUT2D eigenvalue weighted by atomic mass is 10.1. The second-order valence-corrected chi connectivity index (χ2v) is 13.1. The van der Waals surface area contributed by atoms with Gasteiger partial charge in [-0.3, -0.25) is 13.7 Å². The zero-order valence-electron chi connectivity index (χ0n) is 15.5. The number of halogens is 1. The average Bonchev–Trinajstić information content (AvgIpc) is 3.21. The number of aliphatic hydroxyl groups is 2. The molecule has 32 heavy (non-hydrogen) atoms. The summed E-state index contributed by atoms with van der Waals surface area (Å²) in [6, 6.07) is 0. The van der Waals surface area contributed by atoms with Crippen LogP contribution < -0.4 is 5.73 Å². The van der Waals surface area contributed by atoms with Crippen molar-refractivity contribution < 1.29 is 57.1 Å². The van der Waals surface area contributed by atoms with E-state index in [1.54, 1.807) is 0 Å². The lowest BCUT2D eigenvalue weighted by Gasteiger charge is -2.23. The third kappa shape index (κ3) is 5.21. The highest BCUT2D eigenvalue weighted by molar-refractivity contribution is 7.77. The number of hydrogen-bond acceptors (Lipinski definition) is 12. The first-order chi connectivity index (χ1) is 14.6. The number of aromatic nitrogens is 4. The molecule has 0 bridgehead atoms. The Balaban J connectivity index is 1.73. The highest BCUT2D eigenvalue weighted by Gasteiger charge is 2.51. The molecule has 0 spiro atoms. The van der Waals surface area contributed by atoms with Crippen LogP contribution in [0.25, 0.3) is 11.2 Å². The summed E-state index contributed by atoms with van der Waals surface area (Å²) in [6.07, 6.45) is -3.67. The van der Waals surface area contributed by atoms with E-state index in [0.717, 1.165) is 6.33 Å². The van der Waals surface area contributed by atoms with Gasteiger partial charge in [0.05, 0.1) is 12.9 Å². The fourth-order valence-electron chi connectivity index (χ4n) is 2.77. The van der Waals surface area contributed by atoms with Gasteiger partial charge in [0.1, 0.15) is 30.2 Å². The largest absolute Gasteiger partial charge is 0.476 e. The number of aliphatic hydroxyl groups excluding tert-OH is 2. The Kier molecular flexibility index (Phi) is 7.17. The van der Waals surface area contributed by atoms with Gasteiger partial charge in [0.2, 0.25) is 4.86 Å². The van der Waals surface area contributed by atoms with Gasteiger partial charge in [-0.15, -0.1) is 0 Å². The van der Waals surface area contributed by atoms with Crippen molar-refractivity contribution >= 4 is 51.6 Å². The average molecular weight is 540 g/mol. The van der Waals surface area contributed by atoms with Crippen molar-refractivity contribution in [2.24, 2.45) is 0 Å². The molecule has 1 saturated heterocycles. The SMILES string of the molecule is Nc1ncnc2c1ncn2C1OC(COP(=O)(O)[C@@H](Cl)P(=O)(O)OP(=O)(O)O)C(O)C1O. The van der Waals surface area contributed by atoms with E-state index in [0.29, 0.717) is 0 Å². The summed E-state index contributed by atoms with van der Waals surface area (Å²) >= 11 is 5.40. The van der Waals surface area contributed by atoms with E-state index in [9.17, 15) is 33.7 Å². The van der Waals surface area contributed by atoms with Crippen molar-refractivity contribution in [1.82, 2.24) is 19.5 Å². The number of alkyl halides is 1. The van der Waals surface area contributed by atoms with Crippen molar-refractivity contribution in [2.45, 2.75) is 29.4 Å². The number of anilines is 1. The third-order valence-electron chi connectivity index (χ3n) is 4.18. The van der Waals surface area contributed by atoms with Crippen molar-refractivity contribution in [3.8, 4) is 0 Å². The maximum absolute atomic E-state index is 12.2. The smallest absolute Gasteiger partial charge is 0.387 e. The molecule has 2 aromatic heterocycles. The third-order valence-corrected chi connectivity index (χ3v) is 10.8. The predicted octanol–water partition coefficient (Wildman–Crippen LogP) is -0.953. The van der Waals surface area contributed by atoms with Crippen LogP contribution in [0.2, 0.25) is 0 Å². The molecular formula is C11H17ClN5O12P3. The molecule has 3 rings (SSSR count). The summed E-state index contributed by atoms with van der Waals surface area (Å²) < 4.78 is 49.6. The number of ether oxygens (including phenoxy) is 1. The second kappa shape index (κ2) is 8.96. The van der Waals surface area contributed by atoms with E-state index >= 15 is 0 Å². The van der Waals surface area contributed by atoms with Gasteiger partial charge in [0, 0.05) is 0 Å². The summed E-state index contributed by atoms with van der Waals surface area (Å²) in [5.74, 6) is 0.0435. The van der Waals surface area contributed by atoms with Crippen molar-refractivity contribution in [3.05, 3.63) is 12.7 Å². The molecule has 8 N–H and O–H groups in total. The maximum Gasteiger partial charge on any atom is 0.476 e. The highest BCUT2D eigenvalue weighted by atomic mass is 35.5. The monoisotopic (exact) mass is 539 g/mol. The first-order valence-electron chi connectivity index (χ1n) is 8.29. The van der Waals surface area contributed by atoms with E-state index in [1.165, 1.54) is 10.9 Å². The van der Waals surface area contributed by atoms with Gasteiger partial charge in [-0.05, 0) is 0 Å². The van der Waals surface area contributed by atoms with Crippen LogP contribution >= 0.6 is 34.6 Å². The predicted molar refractivity (Wildman–Crippen MR) is 104 cm³/mol. The topological polar surface area (TPSA) is 270 Å². The molecule has 1 aliphatic rings. The number of hydrogen-bond donors (Lipinski definition) is 7. The zero-order chi connectivity index (χ0) is 24.1. The first-order valence-corrected chi connectivity index (χ1v) is 13.5. The molecule has 1 fully saturated rings. The number of nitrogens with zero attached hydrogens (tertiary/aromatic N) is 4. The molecule has 2 aromatic rings. The van der Waals surface area contributed by atoms with Gasteiger partial charge >= 0.3 is 23.0 Å². The van der Waals surface area contributed by atoms with E-state index in [4.69, 9.17) is 31.9 Å². The number of nitrogen functional groups attached to an aromatic ring is 1. The summed E-state index contributed by atoms with van der Waals surface area (Å²) in [6.45, 7) is -0.925. The zero-order valence-corrected chi connectivity index (χ0v) is 18.9. The minimum atomic E-state index is -5.54. The Morgan fingerprint density at radius 1 is 1.12 bits per heavy atom. The molecule has 0 aromatic carbocycles. The summed E-state index contributed by atoms with van der Waals surface area (Å²) in [4.78, 5) is 45.5. The van der Waals surface area contributed by atoms with E-state index < -0.39 is 59.0 Å². The number of phosphoric acid groups is 1. The van der Waals surface area contributed by atoms with Crippen LogP contribution in [0.3, 0.4) is 0 Å². The molecule has 21 heteroatoms. The molecule has 17 nitrogen and oxygen atoms in total. The summed E-state index contributed by atoms with van der Waals surface area (Å²) in [7, 11) is -16.3. The van der Waals surface area contributed by atoms with E-state index in [2.05, 4.69) is 23.8 Å². The van der Waals surface area contributed by atoms with Gasteiger partial charge in [0.25, 0.3) is 0 Å². The van der Waals surface area contributed by atoms with Crippen LogP contribution in [0.15, 0.2) is 12.7 Å². The van der Waals surface area contributed by atoms with Crippen molar-refractivity contribution in [3.63, 3.8) is 0 Å². The Labute approximate surface area is 183 Å². The standard InChI is InChI=1S/C11H17ClN5O12P3/c12-11(31(22,23)29-32(24,25)26)30(20,21)27-1-4-6(18)7(19)10(28-4)17-3-16-5-8(13)14-2-15-9(5)17/h2-4,6-7,10-11,18-19H,1H2,(H,20,21)(H,22,23)(H2,13,14,15)(H2,24,25,26)/t4?,6?,7?,10?,11-/m1/s1. The van der Waals surface area contributed by atoms with Gasteiger partial charge < -0.3 is 44.8 Å². The van der Waals surface area contributed by atoms with Crippen LogP contribution in [-0.4, -0.2) is 79.1 Å². The molecule has 0 saturated carbocycles. The Bertz CT molecular complexity index is 1140. The van der Waals surface area contributed by atoms with Crippen LogP contribution in [0.5, 0.6) is 0 Å². The fourth-order valence-corrected chi connectivity index (χ4v) is 7.33. The van der Waals surface area contributed by atoms with Gasteiger partial charge in [-0.1, -0.05) is 11.6 Å². The number of nitrogens with two attached hydrogens (primary N) is 1. The lowest BCUT2D eigenvalue weighted by Crippen LogP contribution is -2.33. The maximum atomic E-state index is 12.2. The first kappa shape index (κ1) is 25.6. The van der Waals surface area contributed by atoms with E-state index in [1.807, 2.05) is 0 Å². The molecule has 7 atom stereocenters. The molecule has 3 heterocycles. The molecule has 0 radical (unpaired) electrons. The number of imidazole rings is 1. The molecule has 1 aliphatic heterocycles. The Morgan fingerprint density at radius 2 is 1.78 bits per heavy atom. The molecule has 6 unspecified atom stereocenters. The van der Waals surface area contributed by atoms with Crippen LogP contribution in [-0.2, 0) is 27.3 Å². The normalized spacial score (nSPS) is 29.0. The second-order valence-electron chi connectivity index (χ2n) is 6.44. The quantitative estimate of drug-likeness (QED) is 0.157. The summed E-state index contributed by atoms with van der Waals surface area (Å²) in [5.41, 5.74) is 6.02.